The molecule has 0 saturated carbocycles. The fraction of sp³-hybridized carbons (Fsp3) is 0.529. The molecule has 20 heavy (non-hydrogen) atoms. The molecule has 2 nitrogen and oxygen atoms in total. The van der Waals surface area contributed by atoms with Crippen LogP contribution in [-0.2, 0) is 22.9 Å². The summed E-state index contributed by atoms with van der Waals surface area (Å²) in [5.74, 6) is 0. The molecular formula is C17H28HfO2. The number of allylic oxidation sites excluding steroid dienone is 4. The second-order valence-electron chi connectivity index (χ2n) is 5.26. The van der Waals surface area contributed by atoms with Gasteiger partial charge in [-0.15, -0.1) is 26.4 Å². The summed E-state index contributed by atoms with van der Waals surface area (Å²) in [6.07, 6.45) is 12.5. The molecule has 0 bridgehead atoms. The van der Waals surface area contributed by atoms with Crippen molar-refractivity contribution in [2.24, 2.45) is 0 Å². The van der Waals surface area contributed by atoms with Crippen LogP contribution in [0.1, 0.15) is 40.0 Å². The molecule has 0 unspecified atom stereocenters. The minimum atomic E-state index is -0.460. The van der Waals surface area contributed by atoms with Gasteiger partial charge in [-0.05, 0) is 0 Å². The van der Waals surface area contributed by atoms with E-state index in [9.17, 15) is 10.2 Å². The predicted molar refractivity (Wildman–Crippen MR) is 80.9 cm³/mol. The molecule has 0 saturated heterocycles. The van der Waals surface area contributed by atoms with Gasteiger partial charge in [-0.25, -0.2) is 0 Å². The zero-order valence-electron chi connectivity index (χ0n) is 13.2. The summed E-state index contributed by atoms with van der Waals surface area (Å²) in [7, 11) is 0. The van der Waals surface area contributed by atoms with Gasteiger partial charge < -0.3 is 10.2 Å². The predicted octanol–water partition coefficient (Wildman–Crippen LogP) is 2.98. The van der Waals surface area contributed by atoms with E-state index in [1.807, 2.05) is 0 Å². The molecule has 0 aromatic rings. The van der Waals surface area contributed by atoms with E-state index in [4.69, 9.17) is 0 Å². The van der Waals surface area contributed by atoms with Crippen molar-refractivity contribution in [3.63, 3.8) is 0 Å². The number of hydrogen-bond acceptors (Lipinski definition) is 2. The maximum absolute atomic E-state index is 9.46. The second-order valence-corrected chi connectivity index (χ2v) is 13.9. The molecule has 0 aliphatic heterocycles. The van der Waals surface area contributed by atoms with Gasteiger partial charge in [-0.3, -0.25) is 0 Å². The SMILES string of the molecule is C=CCC[O-].C=CCC[O-].C[C](C)(C)[Hf+2][C]1=CC=CC1. The van der Waals surface area contributed by atoms with E-state index in [1.165, 1.54) is 6.42 Å². The van der Waals surface area contributed by atoms with Crippen LogP contribution in [0, 0.1) is 0 Å². The Labute approximate surface area is 136 Å². The van der Waals surface area contributed by atoms with Gasteiger partial charge in [0, 0.05) is 0 Å². The summed E-state index contributed by atoms with van der Waals surface area (Å²) in [5.41, 5.74) is 0. The van der Waals surface area contributed by atoms with Gasteiger partial charge in [0.2, 0.25) is 0 Å². The summed E-state index contributed by atoms with van der Waals surface area (Å²) in [6, 6.07) is 0. The van der Waals surface area contributed by atoms with E-state index >= 15 is 0 Å². The Bertz CT molecular complexity index is 289. The van der Waals surface area contributed by atoms with Crippen molar-refractivity contribution >= 4 is 0 Å². The molecular weight excluding hydrogens is 415 g/mol. The molecule has 1 aliphatic rings. The Morgan fingerprint density at radius 3 is 1.85 bits per heavy atom. The van der Waals surface area contributed by atoms with E-state index < -0.39 is 22.9 Å². The van der Waals surface area contributed by atoms with E-state index in [-0.39, 0.29) is 13.2 Å². The average Bonchev–Trinajstić information content (AvgIpc) is 2.83. The third kappa shape index (κ3) is 20.1. The van der Waals surface area contributed by atoms with Crippen LogP contribution in [-0.4, -0.2) is 13.2 Å². The molecule has 0 radical (unpaired) electrons. The second kappa shape index (κ2) is 15.1. The van der Waals surface area contributed by atoms with Crippen LogP contribution in [0.25, 0.3) is 0 Å². The van der Waals surface area contributed by atoms with Crippen molar-refractivity contribution < 1.29 is 33.1 Å². The van der Waals surface area contributed by atoms with E-state index in [0.717, 1.165) is 0 Å². The Morgan fingerprint density at radius 2 is 1.65 bits per heavy atom. The van der Waals surface area contributed by atoms with Crippen LogP contribution < -0.4 is 10.2 Å². The van der Waals surface area contributed by atoms with Crippen molar-refractivity contribution in [1.82, 2.24) is 0 Å². The van der Waals surface area contributed by atoms with Crippen LogP contribution in [0.15, 0.2) is 46.9 Å². The first-order valence-corrected chi connectivity index (χ1v) is 10.5. The molecule has 0 heterocycles. The summed E-state index contributed by atoms with van der Waals surface area (Å²) >= 11 is -0.460. The van der Waals surface area contributed by atoms with Crippen LogP contribution in [0.3, 0.4) is 0 Å². The topological polar surface area (TPSA) is 46.1 Å². The summed E-state index contributed by atoms with van der Waals surface area (Å²) < 4.78 is 2.42. The monoisotopic (exact) mass is 444 g/mol. The first kappa shape index (κ1) is 22.0. The van der Waals surface area contributed by atoms with E-state index in [1.54, 1.807) is 15.5 Å². The van der Waals surface area contributed by atoms with E-state index in [2.05, 4.69) is 52.2 Å². The summed E-state index contributed by atoms with van der Waals surface area (Å²) in [5, 5.41) is 18.9. The fourth-order valence-corrected chi connectivity index (χ4v) is 6.08. The van der Waals surface area contributed by atoms with Gasteiger partial charge in [0.25, 0.3) is 0 Å². The molecule has 0 aromatic heterocycles. The van der Waals surface area contributed by atoms with Crippen molar-refractivity contribution in [2.45, 2.75) is 43.2 Å². The summed E-state index contributed by atoms with van der Waals surface area (Å²) in [6.45, 7) is 13.8. The third-order valence-electron chi connectivity index (χ3n) is 1.95. The number of hydrogen-bond donors (Lipinski definition) is 0. The van der Waals surface area contributed by atoms with E-state index in [0.29, 0.717) is 16.0 Å². The van der Waals surface area contributed by atoms with Crippen molar-refractivity contribution in [3.8, 4) is 0 Å². The molecule has 0 fully saturated rings. The molecule has 1 rings (SSSR count). The minimum absolute atomic E-state index is 0.0243. The Kier molecular flexibility index (Phi) is 16.7. The molecule has 1 aliphatic carbocycles. The normalized spacial score (nSPS) is 12.2. The molecule has 0 amide bonds. The van der Waals surface area contributed by atoms with Crippen LogP contribution in [0.2, 0.25) is 3.17 Å². The Morgan fingerprint density at radius 1 is 1.15 bits per heavy atom. The fourth-order valence-electron chi connectivity index (χ4n) is 1.19. The average molecular weight is 443 g/mol. The molecule has 0 aromatic carbocycles. The Hall–Kier alpha value is -0.250. The first-order valence-electron chi connectivity index (χ1n) is 6.93. The molecule has 0 spiro atoms. The van der Waals surface area contributed by atoms with Gasteiger partial charge in [-0.1, -0.05) is 25.0 Å². The molecule has 3 heteroatoms. The van der Waals surface area contributed by atoms with Gasteiger partial charge in [0.15, 0.2) is 0 Å². The molecule has 112 valence electrons. The van der Waals surface area contributed by atoms with Gasteiger partial charge in [-0.2, -0.15) is 0 Å². The zero-order valence-corrected chi connectivity index (χ0v) is 16.7. The zero-order chi connectivity index (χ0) is 15.9. The number of rotatable bonds is 5. The van der Waals surface area contributed by atoms with Gasteiger partial charge in [0.1, 0.15) is 0 Å². The third-order valence-corrected chi connectivity index (χ3v) is 7.13. The van der Waals surface area contributed by atoms with Crippen LogP contribution in [0.4, 0.5) is 0 Å². The summed E-state index contributed by atoms with van der Waals surface area (Å²) in [4.78, 5) is 0. The standard InChI is InChI=1S/C5H5.2C4H7O.C4H9.Hf/c1-2-4-5-3-1;2*1-2-3-4-5;1-4(2)3;/h1-3H,4H2;2*2H,1,3-4H2;1-3H3;/q;2*-1;;+2. The van der Waals surface area contributed by atoms with Crippen LogP contribution >= 0.6 is 0 Å². The molecule has 0 atom stereocenters. The molecule has 0 N–H and O–H groups in total. The quantitative estimate of drug-likeness (QED) is 0.485. The maximum atomic E-state index is 9.46. The van der Waals surface area contributed by atoms with Gasteiger partial charge >= 0.3 is 74.8 Å². The first-order chi connectivity index (χ1) is 9.41. The van der Waals surface area contributed by atoms with Crippen molar-refractivity contribution in [2.75, 3.05) is 13.2 Å². The van der Waals surface area contributed by atoms with Crippen molar-refractivity contribution in [1.29, 1.82) is 0 Å². The Balaban J connectivity index is 0. The van der Waals surface area contributed by atoms with Gasteiger partial charge in [0.05, 0.1) is 0 Å². The van der Waals surface area contributed by atoms with Crippen LogP contribution in [0.5, 0.6) is 0 Å². The van der Waals surface area contributed by atoms with Crippen molar-refractivity contribution in [3.05, 3.63) is 46.9 Å².